The Bertz CT molecular complexity index is 1740. The van der Waals surface area contributed by atoms with E-state index in [2.05, 4.69) is 46.1 Å². The Morgan fingerprint density at radius 1 is 1.05 bits per heavy atom. The highest BCUT2D eigenvalue weighted by Gasteiger charge is 2.46. The summed E-state index contributed by atoms with van der Waals surface area (Å²) in [7, 11) is 1.83. The molecule has 1 aromatic carbocycles. The summed E-state index contributed by atoms with van der Waals surface area (Å²) in [6, 6.07) is 14.0. The Hall–Kier alpha value is -4.60. The quantitative estimate of drug-likeness (QED) is 0.352. The van der Waals surface area contributed by atoms with E-state index in [9.17, 15) is 9.90 Å². The lowest BCUT2D eigenvalue weighted by atomic mass is 9.90. The second-order valence-corrected chi connectivity index (χ2v) is 11.2. The molecule has 2 aliphatic rings. The van der Waals surface area contributed by atoms with E-state index in [1.165, 1.54) is 17.5 Å². The average Bonchev–Trinajstić information content (AvgIpc) is 3.30. The highest BCUT2D eigenvalue weighted by Crippen LogP contribution is 2.55. The first kappa shape index (κ1) is 23.5. The third-order valence-corrected chi connectivity index (χ3v) is 8.02. The smallest absolute Gasteiger partial charge is 0.339 e. The molecule has 7 rings (SSSR count). The van der Waals surface area contributed by atoms with Gasteiger partial charge in [-0.05, 0) is 49.1 Å². The number of nitrogens with zero attached hydrogens (tertiary/aromatic N) is 8. The molecule has 1 fully saturated rings. The van der Waals surface area contributed by atoms with Crippen molar-refractivity contribution in [3.63, 3.8) is 0 Å². The molecule has 1 saturated carbocycles. The Morgan fingerprint density at radius 3 is 2.67 bits per heavy atom. The van der Waals surface area contributed by atoms with Crippen molar-refractivity contribution in [1.82, 2.24) is 39.5 Å². The number of carboxylic acids is 1. The van der Waals surface area contributed by atoms with Crippen LogP contribution in [0.5, 0.6) is 0 Å². The molecule has 0 bridgehead atoms. The van der Waals surface area contributed by atoms with Gasteiger partial charge in [0.2, 0.25) is 0 Å². The zero-order chi connectivity index (χ0) is 26.9. The summed E-state index contributed by atoms with van der Waals surface area (Å²) in [6.07, 6.45) is 8.24. The first-order chi connectivity index (χ1) is 18.8. The summed E-state index contributed by atoms with van der Waals surface area (Å²) in [5.74, 6) is -0.340. The van der Waals surface area contributed by atoms with Gasteiger partial charge in [0.1, 0.15) is 5.56 Å². The van der Waals surface area contributed by atoms with Gasteiger partial charge in [-0.3, -0.25) is 4.68 Å². The number of hydrogen-bond acceptors (Lipinski definition) is 6. The maximum Gasteiger partial charge on any atom is 0.339 e. The molecule has 39 heavy (non-hydrogen) atoms. The van der Waals surface area contributed by atoms with Gasteiger partial charge in [-0.25, -0.2) is 19.1 Å². The van der Waals surface area contributed by atoms with Crippen LogP contribution in [0, 0.1) is 0 Å². The van der Waals surface area contributed by atoms with E-state index in [4.69, 9.17) is 10.1 Å². The SMILES string of the molecule is Cn1cc(C2CC2c2c(C(=O)O)cnn2-c2cccc(-c3cccc(-n4ncc5c4C(C)(C)CC5)c3)n2)nn1. The lowest BCUT2D eigenvalue weighted by Crippen LogP contribution is -2.18. The van der Waals surface area contributed by atoms with E-state index < -0.39 is 5.97 Å². The van der Waals surface area contributed by atoms with Crippen molar-refractivity contribution in [2.24, 2.45) is 7.05 Å². The summed E-state index contributed by atoms with van der Waals surface area (Å²) >= 11 is 0. The minimum absolute atomic E-state index is 0.0191. The molecular weight excluding hydrogens is 492 g/mol. The molecule has 0 aliphatic heterocycles. The molecule has 2 atom stereocenters. The lowest BCUT2D eigenvalue weighted by molar-refractivity contribution is 0.0695. The monoisotopic (exact) mass is 520 g/mol. The van der Waals surface area contributed by atoms with Crippen molar-refractivity contribution in [2.45, 2.75) is 50.4 Å². The second kappa shape index (κ2) is 8.45. The van der Waals surface area contributed by atoms with Gasteiger partial charge in [0.05, 0.1) is 40.9 Å². The van der Waals surface area contributed by atoms with Crippen molar-refractivity contribution in [3.8, 4) is 22.8 Å². The van der Waals surface area contributed by atoms with Crippen LogP contribution in [0.1, 0.15) is 71.5 Å². The number of aryl methyl sites for hydroxylation is 2. The Labute approximate surface area is 224 Å². The standard InChI is InChI=1S/C29H28N8O2/c1-29(2)11-10-18-14-30-36(27(18)29)19-7-4-6-17(12-19)23-8-5-9-25(32-23)37-26(22(15-31-37)28(38)39)21-13-20(21)24-16-35(3)34-33-24/h4-9,12,14-16,20-21H,10-11,13H2,1-3H3,(H,38,39). The molecule has 5 aromatic rings. The van der Waals surface area contributed by atoms with Crippen LogP contribution in [0.15, 0.2) is 61.1 Å². The third-order valence-electron chi connectivity index (χ3n) is 8.02. The van der Waals surface area contributed by atoms with Gasteiger partial charge in [-0.2, -0.15) is 10.2 Å². The van der Waals surface area contributed by atoms with E-state index >= 15 is 0 Å². The van der Waals surface area contributed by atoms with Gasteiger partial charge in [0.25, 0.3) is 0 Å². The fraction of sp³-hybridized carbons (Fsp3) is 0.310. The predicted molar refractivity (Wildman–Crippen MR) is 143 cm³/mol. The molecule has 4 aromatic heterocycles. The zero-order valence-electron chi connectivity index (χ0n) is 22.0. The molecular formula is C29H28N8O2. The van der Waals surface area contributed by atoms with E-state index in [1.54, 1.807) is 9.36 Å². The summed E-state index contributed by atoms with van der Waals surface area (Å²) in [6.45, 7) is 4.54. The lowest BCUT2D eigenvalue weighted by Gasteiger charge is -2.21. The predicted octanol–water partition coefficient (Wildman–Crippen LogP) is 4.44. The maximum absolute atomic E-state index is 12.1. The highest BCUT2D eigenvalue weighted by atomic mass is 16.4. The van der Waals surface area contributed by atoms with Crippen LogP contribution in [0.2, 0.25) is 0 Å². The molecule has 2 unspecified atom stereocenters. The molecule has 0 saturated heterocycles. The number of benzene rings is 1. The molecule has 10 nitrogen and oxygen atoms in total. The number of pyridine rings is 1. The number of aromatic carboxylic acids is 1. The van der Waals surface area contributed by atoms with Crippen molar-refractivity contribution < 1.29 is 9.90 Å². The number of hydrogen-bond donors (Lipinski definition) is 1. The van der Waals surface area contributed by atoms with E-state index in [0.29, 0.717) is 11.5 Å². The van der Waals surface area contributed by atoms with Gasteiger partial charge in [0.15, 0.2) is 5.82 Å². The van der Waals surface area contributed by atoms with Crippen molar-refractivity contribution in [2.75, 3.05) is 0 Å². The van der Waals surface area contributed by atoms with Gasteiger partial charge >= 0.3 is 5.97 Å². The van der Waals surface area contributed by atoms with Crippen LogP contribution < -0.4 is 0 Å². The highest BCUT2D eigenvalue weighted by molar-refractivity contribution is 5.89. The largest absolute Gasteiger partial charge is 0.478 e. The number of carbonyl (C=O) groups is 1. The summed E-state index contributed by atoms with van der Waals surface area (Å²) in [5.41, 5.74) is 7.07. The number of carboxylic acid groups (broad SMARTS) is 1. The fourth-order valence-corrected chi connectivity index (χ4v) is 5.97. The molecule has 0 amide bonds. The van der Waals surface area contributed by atoms with Crippen LogP contribution in [0.3, 0.4) is 0 Å². The molecule has 2 aliphatic carbocycles. The molecule has 10 heteroatoms. The van der Waals surface area contributed by atoms with Crippen LogP contribution in [0.25, 0.3) is 22.8 Å². The minimum atomic E-state index is -1.00. The molecule has 196 valence electrons. The molecule has 4 heterocycles. The number of aromatic nitrogens is 8. The van der Waals surface area contributed by atoms with Crippen LogP contribution in [-0.2, 0) is 18.9 Å². The minimum Gasteiger partial charge on any atom is -0.478 e. The Balaban J connectivity index is 1.26. The fourth-order valence-electron chi connectivity index (χ4n) is 5.97. The van der Waals surface area contributed by atoms with E-state index in [-0.39, 0.29) is 22.8 Å². The zero-order valence-corrected chi connectivity index (χ0v) is 22.0. The van der Waals surface area contributed by atoms with Crippen LogP contribution >= 0.6 is 0 Å². The van der Waals surface area contributed by atoms with Crippen molar-refractivity contribution in [3.05, 3.63) is 89.3 Å². The maximum atomic E-state index is 12.1. The first-order valence-electron chi connectivity index (χ1n) is 13.1. The summed E-state index contributed by atoms with van der Waals surface area (Å²) in [4.78, 5) is 17.0. The van der Waals surface area contributed by atoms with Crippen molar-refractivity contribution >= 4 is 5.97 Å². The third kappa shape index (κ3) is 3.86. The molecule has 0 radical (unpaired) electrons. The van der Waals surface area contributed by atoms with Crippen LogP contribution in [-0.4, -0.2) is 50.6 Å². The normalized spacial score (nSPS) is 19.3. The second-order valence-electron chi connectivity index (χ2n) is 11.2. The number of fused-ring (bicyclic) bond motifs is 1. The van der Waals surface area contributed by atoms with Gasteiger partial charge in [0, 0.05) is 36.1 Å². The van der Waals surface area contributed by atoms with Crippen molar-refractivity contribution in [1.29, 1.82) is 0 Å². The van der Waals surface area contributed by atoms with E-state index in [0.717, 1.165) is 41.9 Å². The van der Waals surface area contributed by atoms with Gasteiger partial charge < -0.3 is 5.11 Å². The average molecular weight is 521 g/mol. The summed E-state index contributed by atoms with van der Waals surface area (Å²) in [5, 5.41) is 27.4. The molecule has 1 N–H and O–H groups in total. The van der Waals surface area contributed by atoms with Gasteiger partial charge in [-0.15, -0.1) is 5.10 Å². The topological polar surface area (TPSA) is 117 Å². The first-order valence-corrected chi connectivity index (χ1v) is 13.1. The Morgan fingerprint density at radius 2 is 1.87 bits per heavy atom. The van der Waals surface area contributed by atoms with E-state index in [1.807, 2.05) is 49.8 Å². The number of rotatable bonds is 6. The Kier molecular flexibility index (Phi) is 5.10. The summed E-state index contributed by atoms with van der Waals surface area (Å²) < 4.78 is 5.39. The van der Waals surface area contributed by atoms with Gasteiger partial charge in [-0.1, -0.05) is 37.3 Å². The van der Waals surface area contributed by atoms with Crippen LogP contribution in [0.4, 0.5) is 0 Å². The molecule has 0 spiro atoms.